The van der Waals surface area contributed by atoms with Gasteiger partial charge < -0.3 is 15.7 Å². The average molecular weight is 386 g/mol. The molecule has 29 heavy (non-hydrogen) atoms. The Labute approximate surface area is 169 Å². The molecule has 1 amide bonds. The molecule has 1 fully saturated rings. The lowest BCUT2D eigenvalue weighted by atomic mass is 9.99. The van der Waals surface area contributed by atoms with Crippen molar-refractivity contribution in [3.63, 3.8) is 0 Å². The number of aromatic hydroxyl groups is 1. The van der Waals surface area contributed by atoms with Crippen LogP contribution in [0.3, 0.4) is 0 Å². The number of para-hydroxylation sites is 1. The first-order valence-corrected chi connectivity index (χ1v) is 9.53. The quantitative estimate of drug-likeness (QED) is 0.663. The van der Waals surface area contributed by atoms with Crippen molar-refractivity contribution in [2.75, 3.05) is 12.3 Å². The summed E-state index contributed by atoms with van der Waals surface area (Å²) in [5.74, 6) is 0.425. The summed E-state index contributed by atoms with van der Waals surface area (Å²) in [7, 11) is 0. The monoisotopic (exact) mass is 386 g/mol. The fraction of sp³-hybridized carbons (Fsp3) is 0.174. The van der Waals surface area contributed by atoms with Crippen LogP contribution in [0.5, 0.6) is 5.75 Å². The van der Waals surface area contributed by atoms with E-state index in [0.29, 0.717) is 17.1 Å². The summed E-state index contributed by atoms with van der Waals surface area (Å²) in [4.78, 5) is 13.9. The molecule has 3 aromatic rings. The lowest BCUT2D eigenvalue weighted by molar-refractivity contribution is -0.126. The zero-order valence-corrected chi connectivity index (χ0v) is 16.0. The van der Waals surface area contributed by atoms with Gasteiger partial charge in [-0.15, -0.1) is 10.2 Å². The molecular weight excluding hydrogens is 364 g/mol. The molecule has 0 aliphatic carbocycles. The zero-order chi connectivity index (χ0) is 20.4. The largest absolute Gasteiger partial charge is 0.507 e. The fourth-order valence-corrected chi connectivity index (χ4v) is 3.83. The lowest BCUT2D eigenvalue weighted by Gasteiger charge is -2.24. The number of benzene rings is 2. The minimum Gasteiger partial charge on any atom is -0.507 e. The Kier molecular flexibility index (Phi) is 4.99. The summed E-state index contributed by atoms with van der Waals surface area (Å²) >= 11 is 0. The first-order chi connectivity index (χ1) is 14.1. The molecular formula is C23H22N4O2. The number of carbonyl (C=O) groups is 1. The molecule has 6 heteroatoms. The number of amides is 1. The number of hydrogen-bond acceptors (Lipinski definition) is 5. The molecule has 0 radical (unpaired) electrons. The molecule has 146 valence electrons. The van der Waals surface area contributed by atoms with E-state index in [1.807, 2.05) is 41.3 Å². The highest BCUT2D eigenvalue weighted by Crippen LogP contribution is 2.35. The number of rotatable bonds is 4. The first-order valence-electron chi connectivity index (χ1n) is 9.53. The maximum absolute atomic E-state index is 12.1. The standard InChI is InChI=1S/C23H22N4O2/c1-2-22(29)27-13-5-7-20(27)16-11-9-15(10-12-16)18-14-19(25-26-23(18)24)17-6-3-4-8-21(17)28/h2-4,6,8-12,14,20,28H,1,5,7,13H2,(H2,24,26). The van der Waals surface area contributed by atoms with E-state index in [1.165, 1.54) is 6.08 Å². The highest BCUT2D eigenvalue weighted by molar-refractivity contribution is 5.87. The Morgan fingerprint density at radius 3 is 2.62 bits per heavy atom. The van der Waals surface area contributed by atoms with Crippen LogP contribution in [-0.2, 0) is 4.79 Å². The van der Waals surface area contributed by atoms with Crippen LogP contribution in [0.1, 0.15) is 24.4 Å². The minimum atomic E-state index is -0.0357. The molecule has 1 aliphatic rings. The molecule has 1 aromatic heterocycles. The van der Waals surface area contributed by atoms with Crippen molar-refractivity contribution in [2.24, 2.45) is 0 Å². The minimum absolute atomic E-state index is 0.0357. The third kappa shape index (κ3) is 3.57. The summed E-state index contributed by atoms with van der Waals surface area (Å²) in [5.41, 5.74) is 9.96. The average Bonchev–Trinajstić information content (AvgIpc) is 3.24. The van der Waals surface area contributed by atoms with Crippen LogP contribution in [-0.4, -0.2) is 32.7 Å². The molecule has 1 unspecified atom stereocenters. The predicted molar refractivity (Wildman–Crippen MR) is 113 cm³/mol. The number of nitrogens with zero attached hydrogens (tertiary/aromatic N) is 3. The topological polar surface area (TPSA) is 92.3 Å². The summed E-state index contributed by atoms with van der Waals surface area (Å²) < 4.78 is 0. The Balaban J connectivity index is 1.66. The summed E-state index contributed by atoms with van der Waals surface area (Å²) in [6.45, 7) is 4.35. The number of phenols is 1. The van der Waals surface area contributed by atoms with Crippen LogP contribution in [0, 0.1) is 0 Å². The third-order valence-corrected chi connectivity index (χ3v) is 5.32. The van der Waals surface area contributed by atoms with Gasteiger partial charge in [-0.05, 0) is 48.2 Å². The number of nitrogen functional groups attached to an aromatic ring is 1. The van der Waals surface area contributed by atoms with E-state index in [4.69, 9.17) is 5.73 Å². The number of carbonyl (C=O) groups excluding carboxylic acids is 1. The van der Waals surface area contributed by atoms with Crippen LogP contribution in [0.25, 0.3) is 22.4 Å². The second kappa shape index (κ2) is 7.75. The highest BCUT2D eigenvalue weighted by atomic mass is 16.3. The van der Waals surface area contributed by atoms with Gasteiger partial charge in [0.25, 0.3) is 0 Å². The maximum Gasteiger partial charge on any atom is 0.246 e. The summed E-state index contributed by atoms with van der Waals surface area (Å²) in [6.07, 6.45) is 3.29. The first kappa shape index (κ1) is 18.7. The molecule has 0 saturated carbocycles. The molecule has 6 nitrogen and oxygen atoms in total. The molecule has 1 aliphatic heterocycles. The second-order valence-corrected chi connectivity index (χ2v) is 7.06. The Bertz CT molecular complexity index is 1060. The van der Waals surface area contributed by atoms with Gasteiger partial charge in [-0.1, -0.05) is 43.0 Å². The number of hydrogen-bond donors (Lipinski definition) is 2. The predicted octanol–water partition coefficient (Wildman–Crippen LogP) is 3.95. The van der Waals surface area contributed by atoms with Gasteiger partial charge in [-0.2, -0.15) is 0 Å². The van der Waals surface area contributed by atoms with Crippen LogP contribution < -0.4 is 5.73 Å². The number of nitrogens with two attached hydrogens (primary N) is 1. The van der Waals surface area contributed by atoms with E-state index < -0.39 is 0 Å². The number of likely N-dealkylation sites (tertiary alicyclic amines) is 1. The third-order valence-electron chi connectivity index (χ3n) is 5.32. The van der Waals surface area contributed by atoms with Crippen molar-refractivity contribution in [2.45, 2.75) is 18.9 Å². The normalized spacial score (nSPS) is 16.0. The van der Waals surface area contributed by atoms with Gasteiger partial charge in [0.05, 0.1) is 11.7 Å². The van der Waals surface area contributed by atoms with E-state index in [0.717, 1.165) is 36.1 Å². The zero-order valence-electron chi connectivity index (χ0n) is 16.0. The molecule has 3 N–H and O–H groups in total. The van der Waals surface area contributed by atoms with Crippen LogP contribution >= 0.6 is 0 Å². The van der Waals surface area contributed by atoms with Gasteiger partial charge in [-0.25, -0.2) is 0 Å². The van der Waals surface area contributed by atoms with Crippen molar-refractivity contribution in [3.8, 4) is 28.1 Å². The van der Waals surface area contributed by atoms with Crippen LogP contribution in [0.15, 0.2) is 67.3 Å². The highest BCUT2D eigenvalue weighted by Gasteiger charge is 2.28. The smallest absolute Gasteiger partial charge is 0.246 e. The second-order valence-electron chi connectivity index (χ2n) is 7.06. The molecule has 4 rings (SSSR count). The van der Waals surface area contributed by atoms with Gasteiger partial charge in [0.2, 0.25) is 5.91 Å². The number of phenolic OH excluding ortho intramolecular Hbond substituents is 1. The lowest BCUT2D eigenvalue weighted by Crippen LogP contribution is -2.28. The Morgan fingerprint density at radius 2 is 1.90 bits per heavy atom. The fourth-order valence-electron chi connectivity index (χ4n) is 3.83. The van der Waals surface area contributed by atoms with Crippen molar-refractivity contribution in [3.05, 3.63) is 72.8 Å². The summed E-state index contributed by atoms with van der Waals surface area (Å²) in [5, 5.41) is 18.3. The van der Waals surface area contributed by atoms with Crippen molar-refractivity contribution < 1.29 is 9.90 Å². The van der Waals surface area contributed by atoms with E-state index in [1.54, 1.807) is 18.2 Å². The van der Waals surface area contributed by atoms with E-state index in [-0.39, 0.29) is 17.7 Å². The molecule has 1 saturated heterocycles. The van der Waals surface area contributed by atoms with Crippen molar-refractivity contribution in [1.29, 1.82) is 0 Å². The van der Waals surface area contributed by atoms with Crippen molar-refractivity contribution >= 4 is 11.7 Å². The van der Waals surface area contributed by atoms with Gasteiger partial charge in [0, 0.05) is 17.7 Å². The van der Waals surface area contributed by atoms with Gasteiger partial charge in [0.1, 0.15) is 5.75 Å². The Hall–Kier alpha value is -3.67. The summed E-state index contributed by atoms with van der Waals surface area (Å²) in [6, 6.07) is 16.9. The van der Waals surface area contributed by atoms with Crippen LogP contribution in [0.2, 0.25) is 0 Å². The molecule has 1 atom stereocenters. The Morgan fingerprint density at radius 1 is 1.14 bits per heavy atom. The van der Waals surface area contributed by atoms with E-state index in [9.17, 15) is 9.90 Å². The number of anilines is 1. The molecule has 0 bridgehead atoms. The molecule has 2 heterocycles. The van der Waals surface area contributed by atoms with Gasteiger partial charge >= 0.3 is 0 Å². The van der Waals surface area contributed by atoms with E-state index >= 15 is 0 Å². The number of aromatic nitrogens is 2. The SMILES string of the molecule is C=CC(=O)N1CCCC1c1ccc(-c2cc(-c3ccccc3O)nnc2N)cc1. The van der Waals surface area contributed by atoms with Gasteiger partial charge in [0.15, 0.2) is 5.82 Å². The van der Waals surface area contributed by atoms with Crippen LogP contribution in [0.4, 0.5) is 5.82 Å². The maximum atomic E-state index is 12.1. The van der Waals surface area contributed by atoms with Gasteiger partial charge in [-0.3, -0.25) is 4.79 Å². The van der Waals surface area contributed by atoms with Crippen molar-refractivity contribution in [1.82, 2.24) is 15.1 Å². The molecule has 2 aromatic carbocycles. The molecule has 0 spiro atoms. The van der Waals surface area contributed by atoms with E-state index in [2.05, 4.69) is 16.8 Å².